The van der Waals surface area contributed by atoms with Crippen LogP contribution in [0.3, 0.4) is 0 Å². The third-order valence-electron chi connectivity index (χ3n) is 2.50. The average molecular weight is 227 g/mol. The van der Waals surface area contributed by atoms with E-state index in [-0.39, 0.29) is 11.9 Å². The molecule has 1 unspecified atom stereocenters. The first-order valence-electron chi connectivity index (χ1n) is 4.96. The molecule has 4 heteroatoms. The second-order valence-corrected chi connectivity index (χ2v) is 4.35. The van der Waals surface area contributed by atoms with Gasteiger partial charge in [-0.05, 0) is 18.4 Å². The SMILES string of the molecule is CSc1ccc(C2COCCN2)c(F)c1. The Morgan fingerprint density at radius 2 is 2.40 bits per heavy atom. The summed E-state index contributed by atoms with van der Waals surface area (Å²) in [5, 5.41) is 3.24. The van der Waals surface area contributed by atoms with Crippen molar-refractivity contribution in [3.8, 4) is 0 Å². The Hall–Kier alpha value is -0.580. The molecule has 1 aliphatic heterocycles. The standard InChI is InChI=1S/C11H14FNOS/c1-15-8-2-3-9(10(12)6-8)11-7-14-5-4-13-11/h2-3,6,11,13H,4-5,7H2,1H3. The molecule has 1 atom stereocenters. The molecule has 0 saturated carbocycles. The van der Waals surface area contributed by atoms with Crippen LogP contribution in [0.1, 0.15) is 11.6 Å². The van der Waals surface area contributed by atoms with Crippen molar-refractivity contribution in [2.24, 2.45) is 0 Å². The summed E-state index contributed by atoms with van der Waals surface area (Å²) in [6.45, 7) is 2.05. The molecule has 0 aromatic heterocycles. The zero-order chi connectivity index (χ0) is 10.7. The van der Waals surface area contributed by atoms with E-state index in [2.05, 4.69) is 5.32 Å². The average Bonchev–Trinajstić information content (AvgIpc) is 2.30. The Morgan fingerprint density at radius 1 is 1.53 bits per heavy atom. The van der Waals surface area contributed by atoms with E-state index in [4.69, 9.17) is 4.74 Å². The van der Waals surface area contributed by atoms with E-state index in [1.165, 1.54) is 0 Å². The molecule has 15 heavy (non-hydrogen) atoms. The van der Waals surface area contributed by atoms with Crippen LogP contribution in [0, 0.1) is 5.82 Å². The fourth-order valence-corrected chi connectivity index (χ4v) is 2.11. The molecule has 0 spiro atoms. The third-order valence-corrected chi connectivity index (χ3v) is 3.23. The largest absolute Gasteiger partial charge is 0.378 e. The first-order chi connectivity index (χ1) is 7.31. The van der Waals surface area contributed by atoms with Crippen molar-refractivity contribution in [2.75, 3.05) is 26.0 Å². The van der Waals surface area contributed by atoms with Crippen molar-refractivity contribution in [3.63, 3.8) is 0 Å². The minimum Gasteiger partial charge on any atom is -0.378 e. The van der Waals surface area contributed by atoms with E-state index in [1.54, 1.807) is 17.8 Å². The fraction of sp³-hybridized carbons (Fsp3) is 0.455. The van der Waals surface area contributed by atoms with Crippen molar-refractivity contribution in [1.29, 1.82) is 0 Å². The van der Waals surface area contributed by atoms with Gasteiger partial charge in [-0.3, -0.25) is 0 Å². The minimum atomic E-state index is -0.148. The minimum absolute atomic E-state index is 0.00495. The summed E-state index contributed by atoms with van der Waals surface area (Å²) < 4.78 is 19.0. The lowest BCUT2D eigenvalue weighted by Gasteiger charge is -2.24. The number of hydrogen-bond donors (Lipinski definition) is 1. The van der Waals surface area contributed by atoms with Crippen LogP contribution >= 0.6 is 11.8 Å². The van der Waals surface area contributed by atoms with Gasteiger partial charge in [-0.1, -0.05) is 6.07 Å². The van der Waals surface area contributed by atoms with Gasteiger partial charge in [0, 0.05) is 17.0 Å². The van der Waals surface area contributed by atoms with E-state index in [0.717, 1.165) is 11.4 Å². The van der Waals surface area contributed by atoms with Gasteiger partial charge in [-0.25, -0.2) is 4.39 Å². The van der Waals surface area contributed by atoms with E-state index in [1.807, 2.05) is 18.4 Å². The van der Waals surface area contributed by atoms with Crippen molar-refractivity contribution in [1.82, 2.24) is 5.32 Å². The highest BCUT2D eigenvalue weighted by atomic mass is 32.2. The quantitative estimate of drug-likeness (QED) is 0.783. The molecule has 1 heterocycles. The topological polar surface area (TPSA) is 21.3 Å². The summed E-state index contributed by atoms with van der Waals surface area (Å²) in [4.78, 5) is 0.952. The zero-order valence-corrected chi connectivity index (χ0v) is 9.44. The third kappa shape index (κ3) is 2.51. The first kappa shape index (κ1) is 10.9. The number of thioether (sulfide) groups is 1. The van der Waals surface area contributed by atoms with E-state index < -0.39 is 0 Å². The van der Waals surface area contributed by atoms with Crippen molar-refractivity contribution in [3.05, 3.63) is 29.6 Å². The maximum atomic E-state index is 13.7. The Labute approximate surface area is 93.2 Å². The van der Waals surface area contributed by atoms with E-state index >= 15 is 0 Å². The lowest BCUT2D eigenvalue weighted by molar-refractivity contribution is 0.0757. The molecule has 0 bridgehead atoms. The molecule has 1 aromatic rings. The summed E-state index contributed by atoms with van der Waals surface area (Å²) in [5.74, 6) is -0.148. The van der Waals surface area contributed by atoms with Crippen molar-refractivity contribution < 1.29 is 9.13 Å². The number of nitrogens with one attached hydrogen (secondary N) is 1. The molecule has 1 aliphatic rings. The van der Waals surface area contributed by atoms with Gasteiger partial charge < -0.3 is 10.1 Å². The monoisotopic (exact) mass is 227 g/mol. The Morgan fingerprint density at radius 3 is 3.00 bits per heavy atom. The maximum Gasteiger partial charge on any atom is 0.129 e. The number of hydrogen-bond acceptors (Lipinski definition) is 3. The highest BCUT2D eigenvalue weighted by Gasteiger charge is 2.18. The van der Waals surface area contributed by atoms with Gasteiger partial charge in [0.2, 0.25) is 0 Å². The van der Waals surface area contributed by atoms with Gasteiger partial charge in [-0.2, -0.15) is 0 Å². The summed E-state index contributed by atoms with van der Waals surface area (Å²) >= 11 is 1.55. The van der Waals surface area contributed by atoms with Crippen LogP contribution in [-0.4, -0.2) is 26.0 Å². The maximum absolute atomic E-state index is 13.7. The van der Waals surface area contributed by atoms with Crippen LogP contribution in [0.15, 0.2) is 23.1 Å². The predicted molar refractivity (Wildman–Crippen MR) is 59.7 cm³/mol. The smallest absolute Gasteiger partial charge is 0.129 e. The van der Waals surface area contributed by atoms with Gasteiger partial charge in [0.25, 0.3) is 0 Å². The zero-order valence-electron chi connectivity index (χ0n) is 8.63. The summed E-state index contributed by atoms with van der Waals surface area (Å²) in [6, 6.07) is 5.36. The lowest BCUT2D eigenvalue weighted by atomic mass is 10.1. The number of benzene rings is 1. The summed E-state index contributed by atoms with van der Waals surface area (Å²) in [6.07, 6.45) is 1.94. The highest BCUT2D eigenvalue weighted by Crippen LogP contribution is 2.23. The van der Waals surface area contributed by atoms with Crippen LogP contribution in [0.25, 0.3) is 0 Å². The van der Waals surface area contributed by atoms with Gasteiger partial charge in [0.15, 0.2) is 0 Å². The highest BCUT2D eigenvalue weighted by molar-refractivity contribution is 7.98. The van der Waals surface area contributed by atoms with Crippen LogP contribution in [-0.2, 0) is 4.74 Å². The van der Waals surface area contributed by atoms with Crippen LogP contribution < -0.4 is 5.32 Å². The van der Waals surface area contributed by atoms with Crippen molar-refractivity contribution >= 4 is 11.8 Å². The number of halogens is 1. The molecular formula is C11H14FNOS. The second-order valence-electron chi connectivity index (χ2n) is 3.47. The molecule has 1 saturated heterocycles. The lowest BCUT2D eigenvalue weighted by Crippen LogP contribution is -2.35. The first-order valence-corrected chi connectivity index (χ1v) is 6.18. The van der Waals surface area contributed by atoms with E-state index in [9.17, 15) is 4.39 Å². The van der Waals surface area contributed by atoms with Gasteiger partial charge in [-0.15, -0.1) is 11.8 Å². The summed E-state index contributed by atoms with van der Waals surface area (Å²) in [7, 11) is 0. The van der Waals surface area contributed by atoms with Crippen LogP contribution in [0.4, 0.5) is 4.39 Å². The molecule has 2 nitrogen and oxygen atoms in total. The van der Waals surface area contributed by atoms with Gasteiger partial charge in [0.05, 0.1) is 19.3 Å². The van der Waals surface area contributed by atoms with Gasteiger partial charge in [0.1, 0.15) is 5.82 Å². The Bertz CT molecular complexity index is 339. The fourth-order valence-electron chi connectivity index (χ4n) is 1.68. The van der Waals surface area contributed by atoms with Crippen LogP contribution in [0.5, 0.6) is 0 Å². The van der Waals surface area contributed by atoms with Crippen LogP contribution in [0.2, 0.25) is 0 Å². The van der Waals surface area contributed by atoms with Gasteiger partial charge >= 0.3 is 0 Å². The molecule has 2 rings (SSSR count). The number of rotatable bonds is 2. The Balaban J connectivity index is 2.19. The number of ether oxygens (including phenoxy) is 1. The predicted octanol–water partition coefficient (Wildman–Crippen LogP) is 2.21. The Kier molecular flexibility index (Phi) is 3.61. The molecular weight excluding hydrogens is 213 g/mol. The number of morpholine rings is 1. The summed E-state index contributed by atoms with van der Waals surface area (Å²) in [5.41, 5.74) is 0.701. The molecule has 0 amide bonds. The second kappa shape index (κ2) is 4.96. The molecule has 1 N–H and O–H groups in total. The van der Waals surface area contributed by atoms with Crippen molar-refractivity contribution in [2.45, 2.75) is 10.9 Å². The molecule has 0 aliphatic carbocycles. The van der Waals surface area contributed by atoms with E-state index in [0.29, 0.717) is 18.8 Å². The molecule has 82 valence electrons. The molecule has 0 radical (unpaired) electrons. The normalized spacial score (nSPS) is 21.6. The molecule has 1 fully saturated rings. The molecule has 1 aromatic carbocycles.